The first kappa shape index (κ1) is 14.7. The molecule has 0 aliphatic carbocycles. The van der Waals surface area contributed by atoms with E-state index < -0.39 is 5.97 Å². The Kier molecular flexibility index (Phi) is 4.65. The van der Waals surface area contributed by atoms with E-state index in [1.807, 2.05) is 6.92 Å². The van der Waals surface area contributed by atoms with E-state index in [1.54, 1.807) is 24.3 Å². The number of ether oxygens (including phenoxy) is 1. The van der Waals surface area contributed by atoms with E-state index in [0.29, 0.717) is 24.4 Å². The number of nitrogens with one attached hydrogen (secondary N) is 2. The third-order valence-corrected chi connectivity index (χ3v) is 2.90. The van der Waals surface area contributed by atoms with E-state index in [1.165, 1.54) is 7.11 Å². The molecule has 2 aromatic rings. The number of carbonyl (C=O) groups is 2. The van der Waals surface area contributed by atoms with Crippen molar-refractivity contribution in [2.24, 2.45) is 0 Å². The second kappa shape index (κ2) is 6.65. The summed E-state index contributed by atoms with van der Waals surface area (Å²) in [6.45, 7) is 2.25. The van der Waals surface area contributed by atoms with E-state index in [4.69, 9.17) is 0 Å². The van der Waals surface area contributed by atoms with E-state index in [9.17, 15) is 9.59 Å². The molecular formula is C14H16N4O3. The Morgan fingerprint density at radius 2 is 2.00 bits per heavy atom. The van der Waals surface area contributed by atoms with Crippen molar-refractivity contribution in [2.75, 3.05) is 7.11 Å². The van der Waals surface area contributed by atoms with Crippen molar-refractivity contribution in [1.29, 1.82) is 0 Å². The molecular weight excluding hydrogens is 272 g/mol. The van der Waals surface area contributed by atoms with Gasteiger partial charge < -0.3 is 10.1 Å². The topological polar surface area (TPSA) is 97.0 Å². The van der Waals surface area contributed by atoms with Crippen LogP contribution in [0, 0.1) is 0 Å². The van der Waals surface area contributed by atoms with Crippen LogP contribution in [-0.2, 0) is 17.7 Å². The van der Waals surface area contributed by atoms with Crippen LogP contribution in [0.2, 0.25) is 0 Å². The van der Waals surface area contributed by atoms with Crippen LogP contribution in [0.4, 0.5) is 0 Å². The number of amides is 1. The van der Waals surface area contributed by atoms with Crippen molar-refractivity contribution in [3.8, 4) is 0 Å². The average Bonchev–Trinajstić information content (AvgIpc) is 3.01. The maximum atomic E-state index is 11.8. The number of nitrogens with zero attached hydrogens (tertiary/aromatic N) is 2. The fourth-order valence-electron chi connectivity index (χ4n) is 1.69. The van der Waals surface area contributed by atoms with Crippen LogP contribution in [0.15, 0.2) is 24.3 Å². The minimum absolute atomic E-state index is 0.123. The third-order valence-electron chi connectivity index (χ3n) is 2.90. The van der Waals surface area contributed by atoms with Crippen molar-refractivity contribution in [3.63, 3.8) is 0 Å². The molecule has 1 amide bonds. The highest BCUT2D eigenvalue weighted by Crippen LogP contribution is 2.06. The predicted octanol–water partition coefficient (Wildman–Crippen LogP) is 1.08. The SMILES string of the molecule is CCc1nc(C(=O)NCc2ccc(C(=O)OC)cc2)n[nH]1. The van der Waals surface area contributed by atoms with Crippen LogP contribution in [0.3, 0.4) is 0 Å². The molecule has 0 bridgehead atoms. The molecule has 0 saturated carbocycles. The lowest BCUT2D eigenvalue weighted by Crippen LogP contribution is -2.24. The first-order valence-electron chi connectivity index (χ1n) is 6.50. The van der Waals surface area contributed by atoms with Gasteiger partial charge in [-0.2, -0.15) is 0 Å². The van der Waals surface area contributed by atoms with Gasteiger partial charge in [-0.25, -0.2) is 9.78 Å². The summed E-state index contributed by atoms with van der Waals surface area (Å²) in [4.78, 5) is 27.2. The lowest BCUT2D eigenvalue weighted by molar-refractivity contribution is 0.0600. The number of carbonyl (C=O) groups excluding carboxylic acids is 2. The van der Waals surface area contributed by atoms with Crippen LogP contribution in [-0.4, -0.2) is 34.2 Å². The van der Waals surface area contributed by atoms with E-state index in [-0.39, 0.29) is 11.7 Å². The second-order valence-electron chi connectivity index (χ2n) is 4.33. The van der Waals surface area contributed by atoms with Crippen molar-refractivity contribution in [1.82, 2.24) is 20.5 Å². The summed E-state index contributed by atoms with van der Waals surface area (Å²) >= 11 is 0. The first-order valence-corrected chi connectivity index (χ1v) is 6.50. The summed E-state index contributed by atoms with van der Waals surface area (Å²) in [5.41, 5.74) is 1.33. The molecule has 2 N–H and O–H groups in total. The maximum absolute atomic E-state index is 11.8. The number of hydrogen-bond acceptors (Lipinski definition) is 5. The van der Waals surface area contributed by atoms with Crippen LogP contribution in [0.5, 0.6) is 0 Å². The molecule has 0 radical (unpaired) electrons. The molecule has 0 spiro atoms. The zero-order valence-electron chi connectivity index (χ0n) is 11.8. The molecule has 0 saturated heterocycles. The predicted molar refractivity (Wildman–Crippen MR) is 74.7 cm³/mol. The molecule has 1 aromatic heterocycles. The van der Waals surface area contributed by atoms with Crippen molar-refractivity contribution < 1.29 is 14.3 Å². The Morgan fingerprint density at radius 1 is 1.29 bits per heavy atom. The zero-order valence-corrected chi connectivity index (χ0v) is 11.8. The molecule has 0 aliphatic rings. The number of aromatic amines is 1. The lowest BCUT2D eigenvalue weighted by Gasteiger charge is -2.04. The number of H-pyrrole nitrogens is 1. The Balaban J connectivity index is 1.93. The minimum Gasteiger partial charge on any atom is -0.465 e. The summed E-state index contributed by atoms with van der Waals surface area (Å²) in [5, 5.41) is 9.24. The molecule has 110 valence electrons. The lowest BCUT2D eigenvalue weighted by atomic mass is 10.1. The van der Waals surface area contributed by atoms with Gasteiger partial charge in [-0.3, -0.25) is 9.89 Å². The van der Waals surface area contributed by atoms with Gasteiger partial charge in [-0.05, 0) is 17.7 Å². The van der Waals surface area contributed by atoms with Crippen molar-refractivity contribution >= 4 is 11.9 Å². The smallest absolute Gasteiger partial charge is 0.337 e. The number of esters is 1. The Hall–Kier alpha value is -2.70. The van der Waals surface area contributed by atoms with Gasteiger partial charge in [-0.1, -0.05) is 19.1 Å². The molecule has 1 aromatic carbocycles. The van der Waals surface area contributed by atoms with E-state index in [2.05, 4.69) is 25.2 Å². The summed E-state index contributed by atoms with van der Waals surface area (Å²) in [6.07, 6.45) is 0.690. The molecule has 0 atom stereocenters. The molecule has 2 rings (SSSR count). The van der Waals surface area contributed by atoms with Gasteiger partial charge in [0, 0.05) is 13.0 Å². The highest BCUT2D eigenvalue weighted by molar-refractivity contribution is 5.90. The fourth-order valence-corrected chi connectivity index (χ4v) is 1.69. The molecule has 1 heterocycles. The van der Waals surface area contributed by atoms with Gasteiger partial charge in [0.2, 0.25) is 5.82 Å². The molecule has 7 nitrogen and oxygen atoms in total. The Morgan fingerprint density at radius 3 is 2.57 bits per heavy atom. The highest BCUT2D eigenvalue weighted by Gasteiger charge is 2.11. The number of aromatic nitrogens is 3. The summed E-state index contributed by atoms with van der Waals surface area (Å²) in [6, 6.07) is 6.80. The average molecular weight is 288 g/mol. The summed E-state index contributed by atoms with van der Waals surface area (Å²) in [5.74, 6) is 0.0574. The molecule has 0 unspecified atom stereocenters. The van der Waals surface area contributed by atoms with Crippen LogP contribution < -0.4 is 5.32 Å². The van der Waals surface area contributed by atoms with E-state index >= 15 is 0 Å². The maximum Gasteiger partial charge on any atom is 0.337 e. The van der Waals surface area contributed by atoms with Crippen molar-refractivity contribution in [3.05, 3.63) is 47.0 Å². The monoisotopic (exact) mass is 288 g/mol. The number of methoxy groups -OCH3 is 1. The van der Waals surface area contributed by atoms with Gasteiger partial charge >= 0.3 is 5.97 Å². The van der Waals surface area contributed by atoms with Crippen LogP contribution >= 0.6 is 0 Å². The number of hydrogen-bond donors (Lipinski definition) is 2. The largest absolute Gasteiger partial charge is 0.465 e. The second-order valence-corrected chi connectivity index (χ2v) is 4.33. The third kappa shape index (κ3) is 3.65. The minimum atomic E-state index is -0.390. The van der Waals surface area contributed by atoms with Crippen LogP contribution in [0.1, 0.15) is 39.3 Å². The van der Waals surface area contributed by atoms with Crippen LogP contribution in [0.25, 0.3) is 0 Å². The Labute approximate surface area is 121 Å². The molecule has 0 aliphatic heterocycles. The van der Waals surface area contributed by atoms with Gasteiger partial charge in [0.25, 0.3) is 5.91 Å². The Bertz CT molecular complexity index is 634. The summed E-state index contributed by atoms with van der Waals surface area (Å²) < 4.78 is 4.62. The molecule has 7 heteroatoms. The van der Waals surface area contributed by atoms with Gasteiger partial charge in [0.1, 0.15) is 5.82 Å². The fraction of sp³-hybridized carbons (Fsp3) is 0.286. The standard InChI is InChI=1S/C14H16N4O3/c1-3-11-16-12(18-17-11)13(19)15-8-9-4-6-10(7-5-9)14(20)21-2/h4-7H,3,8H2,1-2H3,(H,15,19)(H,16,17,18). The number of aryl methyl sites for hydroxylation is 1. The molecule has 21 heavy (non-hydrogen) atoms. The van der Waals surface area contributed by atoms with Gasteiger partial charge in [0.05, 0.1) is 12.7 Å². The van der Waals surface area contributed by atoms with Gasteiger partial charge in [-0.15, -0.1) is 5.10 Å². The van der Waals surface area contributed by atoms with Crippen molar-refractivity contribution in [2.45, 2.75) is 19.9 Å². The first-order chi connectivity index (χ1) is 10.1. The quantitative estimate of drug-likeness (QED) is 0.802. The normalized spacial score (nSPS) is 10.2. The number of benzene rings is 1. The zero-order chi connectivity index (χ0) is 15.2. The number of rotatable bonds is 5. The van der Waals surface area contributed by atoms with E-state index in [0.717, 1.165) is 5.56 Å². The highest BCUT2D eigenvalue weighted by atomic mass is 16.5. The summed E-state index contributed by atoms with van der Waals surface area (Å²) in [7, 11) is 1.33. The molecule has 0 fully saturated rings. The van der Waals surface area contributed by atoms with Gasteiger partial charge in [0.15, 0.2) is 0 Å².